The van der Waals surface area contributed by atoms with Crippen LogP contribution >= 0.6 is 11.6 Å². The van der Waals surface area contributed by atoms with Crippen LogP contribution in [0, 0.1) is 6.92 Å². The summed E-state index contributed by atoms with van der Waals surface area (Å²) < 4.78 is 0. The number of fused-ring (bicyclic) bond motifs is 3. The molecule has 7 nitrogen and oxygen atoms in total. The number of halogens is 1. The summed E-state index contributed by atoms with van der Waals surface area (Å²) in [5.41, 5.74) is 3.62. The monoisotopic (exact) mass is 480 g/mol. The largest absolute Gasteiger partial charge is 0.358 e. The van der Waals surface area contributed by atoms with Crippen LogP contribution < -0.4 is 15.1 Å². The molecule has 2 saturated heterocycles. The van der Waals surface area contributed by atoms with Gasteiger partial charge in [-0.15, -0.1) is 0 Å². The molecule has 0 aliphatic carbocycles. The van der Waals surface area contributed by atoms with Crippen LogP contribution in [0.3, 0.4) is 0 Å². The Bertz CT molecular complexity index is 1140. The Morgan fingerprint density at radius 1 is 1.00 bits per heavy atom. The maximum Gasteiger partial charge on any atom is 0.253 e. The number of carbonyl (C=O) groups is 3. The average molecular weight is 481 g/mol. The third-order valence-corrected chi connectivity index (χ3v) is 7.27. The SMILES string of the molecule is Cc1cc(Cl)ccc1NC(=O)CN1C(=O)[C@@H]2CCCCN2c2ccc(C(=O)N3CCCC3)cc21. The van der Waals surface area contributed by atoms with Crippen molar-refractivity contribution < 1.29 is 14.4 Å². The quantitative estimate of drug-likeness (QED) is 0.710. The summed E-state index contributed by atoms with van der Waals surface area (Å²) in [6.45, 7) is 4.08. The molecule has 0 unspecified atom stereocenters. The van der Waals surface area contributed by atoms with E-state index in [1.807, 2.05) is 24.0 Å². The fourth-order valence-corrected chi connectivity index (χ4v) is 5.48. The highest BCUT2D eigenvalue weighted by Crippen LogP contribution is 2.40. The van der Waals surface area contributed by atoms with E-state index in [2.05, 4.69) is 10.2 Å². The number of piperidine rings is 1. The van der Waals surface area contributed by atoms with Crippen molar-refractivity contribution in [2.45, 2.75) is 45.1 Å². The van der Waals surface area contributed by atoms with Gasteiger partial charge in [0.1, 0.15) is 12.6 Å². The predicted octanol–water partition coefficient (Wildman–Crippen LogP) is 4.23. The molecular weight excluding hydrogens is 452 g/mol. The van der Waals surface area contributed by atoms with Gasteiger partial charge in [0.15, 0.2) is 0 Å². The number of carbonyl (C=O) groups excluding carboxylic acids is 3. The molecule has 3 heterocycles. The normalized spacial score (nSPS) is 19.6. The molecule has 5 rings (SSSR count). The highest BCUT2D eigenvalue weighted by Gasteiger charge is 2.40. The van der Waals surface area contributed by atoms with Gasteiger partial charge < -0.3 is 15.1 Å². The standard InChI is InChI=1S/C26H29ClN4O3/c1-17-14-19(27)8-9-20(17)28-24(32)16-31-23-15-18(25(33)29-11-4-5-12-29)7-10-21(23)30-13-3-2-6-22(30)26(31)34/h7-10,14-15,22H,2-6,11-13,16H2,1H3,(H,28,32)/t22-/m0/s1. The second kappa shape index (κ2) is 9.29. The van der Waals surface area contributed by atoms with E-state index in [9.17, 15) is 14.4 Å². The second-order valence-electron chi connectivity index (χ2n) is 9.34. The summed E-state index contributed by atoms with van der Waals surface area (Å²) in [5, 5.41) is 3.51. The Kier molecular flexibility index (Phi) is 6.21. The van der Waals surface area contributed by atoms with Crippen molar-refractivity contribution in [2.24, 2.45) is 0 Å². The van der Waals surface area contributed by atoms with E-state index < -0.39 is 0 Å². The van der Waals surface area contributed by atoms with E-state index >= 15 is 0 Å². The first-order valence-electron chi connectivity index (χ1n) is 12.0. The van der Waals surface area contributed by atoms with Gasteiger partial charge in [0.25, 0.3) is 5.91 Å². The van der Waals surface area contributed by atoms with Gasteiger partial charge in [0.2, 0.25) is 11.8 Å². The van der Waals surface area contributed by atoms with Crippen LogP contribution in [0.15, 0.2) is 36.4 Å². The van der Waals surface area contributed by atoms with E-state index in [4.69, 9.17) is 11.6 Å². The summed E-state index contributed by atoms with van der Waals surface area (Å²) in [7, 11) is 0. The third-order valence-electron chi connectivity index (χ3n) is 7.03. The zero-order chi connectivity index (χ0) is 23.8. The van der Waals surface area contributed by atoms with Crippen LogP contribution in [0.5, 0.6) is 0 Å². The highest BCUT2D eigenvalue weighted by atomic mass is 35.5. The Balaban J connectivity index is 1.45. The molecule has 0 saturated carbocycles. The molecule has 1 atom stereocenters. The Morgan fingerprint density at radius 3 is 2.53 bits per heavy atom. The van der Waals surface area contributed by atoms with E-state index in [-0.39, 0.29) is 30.3 Å². The van der Waals surface area contributed by atoms with Crippen LogP contribution in [-0.2, 0) is 9.59 Å². The molecule has 2 fully saturated rings. The number of hydrogen-bond acceptors (Lipinski definition) is 4. The second-order valence-corrected chi connectivity index (χ2v) is 9.78. The van der Waals surface area contributed by atoms with Gasteiger partial charge in [-0.1, -0.05) is 11.6 Å². The molecule has 2 aromatic carbocycles. The summed E-state index contributed by atoms with van der Waals surface area (Å²) in [4.78, 5) is 45.2. The van der Waals surface area contributed by atoms with Crippen LogP contribution in [0.4, 0.5) is 17.1 Å². The minimum atomic E-state index is -0.287. The molecule has 2 aromatic rings. The van der Waals surface area contributed by atoms with E-state index in [0.717, 1.165) is 63.0 Å². The number of rotatable bonds is 4. The van der Waals surface area contributed by atoms with Gasteiger partial charge in [-0.2, -0.15) is 0 Å². The molecule has 0 aromatic heterocycles. The van der Waals surface area contributed by atoms with Gasteiger partial charge in [0.05, 0.1) is 11.4 Å². The fraction of sp³-hybridized carbons (Fsp3) is 0.423. The van der Waals surface area contributed by atoms with Crippen molar-refractivity contribution >= 4 is 46.4 Å². The first-order valence-corrected chi connectivity index (χ1v) is 12.4. The molecule has 8 heteroatoms. The molecule has 34 heavy (non-hydrogen) atoms. The lowest BCUT2D eigenvalue weighted by Gasteiger charge is -2.45. The lowest BCUT2D eigenvalue weighted by molar-refractivity contribution is -0.123. The molecule has 0 bridgehead atoms. The number of nitrogens with zero attached hydrogens (tertiary/aromatic N) is 3. The number of benzene rings is 2. The maximum absolute atomic E-state index is 13.6. The molecule has 0 spiro atoms. The van der Waals surface area contributed by atoms with Gasteiger partial charge >= 0.3 is 0 Å². The molecule has 3 aliphatic heterocycles. The minimum absolute atomic E-state index is 0.0188. The minimum Gasteiger partial charge on any atom is -0.358 e. The number of amides is 3. The van der Waals surface area contributed by atoms with Crippen molar-refractivity contribution in [3.63, 3.8) is 0 Å². The maximum atomic E-state index is 13.6. The van der Waals surface area contributed by atoms with E-state index in [1.165, 1.54) is 0 Å². The smallest absolute Gasteiger partial charge is 0.253 e. The lowest BCUT2D eigenvalue weighted by Crippen LogP contribution is -2.56. The van der Waals surface area contributed by atoms with Gasteiger partial charge in [-0.25, -0.2) is 0 Å². The molecule has 0 radical (unpaired) electrons. The summed E-state index contributed by atoms with van der Waals surface area (Å²) in [6, 6.07) is 10.6. The van der Waals surface area contributed by atoms with Crippen molar-refractivity contribution in [3.8, 4) is 0 Å². The number of aryl methyl sites for hydroxylation is 1. The topological polar surface area (TPSA) is 73.0 Å². The highest BCUT2D eigenvalue weighted by molar-refractivity contribution is 6.30. The average Bonchev–Trinajstić information content (AvgIpc) is 3.38. The molecule has 3 amide bonds. The summed E-state index contributed by atoms with van der Waals surface area (Å²) in [5.74, 6) is -0.388. The zero-order valence-electron chi connectivity index (χ0n) is 19.3. The number of hydrogen-bond donors (Lipinski definition) is 1. The van der Waals surface area contributed by atoms with Gasteiger partial charge in [-0.3, -0.25) is 19.3 Å². The van der Waals surface area contributed by atoms with Crippen molar-refractivity contribution in [1.29, 1.82) is 0 Å². The molecule has 3 aliphatic rings. The van der Waals surface area contributed by atoms with Crippen LogP contribution in [0.1, 0.15) is 48.0 Å². The molecule has 1 N–H and O–H groups in total. The Hall–Kier alpha value is -3.06. The van der Waals surface area contributed by atoms with Gasteiger partial charge in [0, 0.05) is 35.9 Å². The lowest BCUT2D eigenvalue weighted by atomic mass is 9.95. The van der Waals surface area contributed by atoms with E-state index in [0.29, 0.717) is 22.0 Å². The molecule has 178 valence electrons. The number of anilines is 3. The van der Waals surface area contributed by atoms with Gasteiger partial charge in [-0.05, 0) is 81.0 Å². The Morgan fingerprint density at radius 2 is 1.76 bits per heavy atom. The first-order chi connectivity index (χ1) is 16.4. The van der Waals surface area contributed by atoms with Crippen LogP contribution in [-0.4, -0.2) is 54.8 Å². The van der Waals surface area contributed by atoms with Crippen LogP contribution in [0.2, 0.25) is 5.02 Å². The summed E-state index contributed by atoms with van der Waals surface area (Å²) in [6.07, 6.45) is 4.80. The molecular formula is C26H29ClN4O3. The Labute approximate surface area is 204 Å². The summed E-state index contributed by atoms with van der Waals surface area (Å²) >= 11 is 6.04. The third kappa shape index (κ3) is 4.25. The van der Waals surface area contributed by atoms with Crippen molar-refractivity contribution in [1.82, 2.24) is 4.90 Å². The fourth-order valence-electron chi connectivity index (χ4n) is 5.26. The number of nitrogens with one attached hydrogen (secondary N) is 1. The van der Waals surface area contributed by atoms with Crippen LogP contribution in [0.25, 0.3) is 0 Å². The number of likely N-dealkylation sites (tertiary alicyclic amines) is 1. The van der Waals surface area contributed by atoms with Crippen molar-refractivity contribution in [3.05, 3.63) is 52.5 Å². The zero-order valence-corrected chi connectivity index (χ0v) is 20.1. The van der Waals surface area contributed by atoms with E-state index in [1.54, 1.807) is 29.2 Å². The predicted molar refractivity (Wildman–Crippen MR) is 134 cm³/mol. The van der Waals surface area contributed by atoms with Crippen molar-refractivity contribution in [2.75, 3.05) is 41.3 Å². The first kappa shape index (κ1) is 22.7.